The number of unbranched alkanes of at least 4 members (excludes halogenated alkanes) is 1. The van der Waals surface area contributed by atoms with E-state index in [1.165, 1.54) is 0 Å². The Bertz CT molecular complexity index is 797. The molecule has 3 rings (SSSR count). The summed E-state index contributed by atoms with van der Waals surface area (Å²) < 4.78 is 7.59. The van der Waals surface area contributed by atoms with E-state index in [9.17, 15) is 9.90 Å². The SMILES string of the molecule is CCCCOc1c(CO)n(C2CC2)c(=O)c2cc(Cl)c(Cl)cc12. The van der Waals surface area contributed by atoms with E-state index in [-0.39, 0.29) is 18.2 Å². The molecule has 2 aromatic rings. The number of hydrogen-bond donors (Lipinski definition) is 1. The maximum atomic E-state index is 12.8. The van der Waals surface area contributed by atoms with Crippen LogP contribution in [0.3, 0.4) is 0 Å². The Labute approximate surface area is 144 Å². The van der Waals surface area contributed by atoms with Gasteiger partial charge in [-0.15, -0.1) is 0 Å². The number of nitrogens with zero attached hydrogens (tertiary/aromatic N) is 1. The first-order valence-electron chi connectivity index (χ1n) is 7.88. The smallest absolute Gasteiger partial charge is 0.259 e. The van der Waals surface area contributed by atoms with Gasteiger partial charge in [-0.2, -0.15) is 0 Å². The van der Waals surface area contributed by atoms with Crippen LogP contribution in [0.5, 0.6) is 5.75 Å². The van der Waals surface area contributed by atoms with Crippen LogP contribution in [0.2, 0.25) is 10.0 Å². The van der Waals surface area contributed by atoms with Gasteiger partial charge in [0, 0.05) is 11.4 Å². The molecule has 0 unspecified atom stereocenters. The van der Waals surface area contributed by atoms with Crippen LogP contribution in [0.25, 0.3) is 10.8 Å². The lowest BCUT2D eigenvalue weighted by atomic mass is 10.1. The third kappa shape index (κ3) is 3.08. The van der Waals surface area contributed by atoms with Gasteiger partial charge in [0.05, 0.1) is 34.3 Å². The van der Waals surface area contributed by atoms with Gasteiger partial charge in [0.25, 0.3) is 5.56 Å². The number of halogens is 2. The molecule has 1 aliphatic carbocycles. The summed E-state index contributed by atoms with van der Waals surface area (Å²) in [5, 5.41) is 11.6. The molecule has 23 heavy (non-hydrogen) atoms. The number of rotatable bonds is 6. The summed E-state index contributed by atoms with van der Waals surface area (Å²) in [6, 6.07) is 3.38. The lowest BCUT2D eigenvalue weighted by molar-refractivity contribution is 0.248. The first-order valence-corrected chi connectivity index (χ1v) is 8.63. The summed E-state index contributed by atoms with van der Waals surface area (Å²) >= 11 is 12.2. The van der Waals surface area contributed by atoms with Crippen molar-refractivity contribution in [3.8, 4) is 5.75 Å². The Morgan fingerprint density at radius 2 is 1.91 bits per heavy atom. The van der Waals surface area contributed by atoms with Crippen LogP contribution >= 0.6 is 23.2 Å². The van der Waals surface area contributed by atoms with Crippen molar-refractivity contribution < 1.29 is 9.84 Å². The van der Waals surface area contributed by atoms with Crippen molar-refractivity contribution >= 4 is 34.0 Å². The zero-order chi connectivity index (χ0) is 16.6. The normalized spacial score (nSPS) is 14.4. The summed E-state index contributed by atoms with van der Waals surface area (Å²) in [5.74, 6) is 0.543. The minimum absolute atomic E-state index is 0.136. The van der Waals surface area contributed by atoms with E-state index in [0.717, 1.165) is 25.7 Å². The van der Waals surface area contributed by atoms with Gasteiger partial charge in [0.15, 0.2) is 0 Å². The zero-order valence-corrected chi connectivity index (χ0v) is 14.5. The molecule has 0 atom stereocenters. The highest BCUT2D eigenvalue weighted by atomic mass is 35.5. The molecule has 0 aliphatic heterocycles. The third-order valence-corrected chi connectivity index (χ3v) is 4.84. The molecule has 0 bridgehead atoms. The molecule has 0 amide bonds. The van der Waals surface area contributed by atoms with Crippen LogP contribution in [0.15, 0.2) is 16.9 Å². The Kier molecular flexibility index (Phi) is 4.85. The van der Waals surface area contributed by atoms with Crippen LogP contribution in [0.4, 0.5) is 0 Å². The second-order valence-corrected chi connectivity index (χ2v) is 6.67. The molecule has 1 saturated carbocycles. The first kappa shape index (κ1) is 16.6. The molecule has 1 fully saturated rings. The van der Waals surface area contributed by atoms with E-state index in [2.05, 4.69) is 6.92 Å². The van der Waals surface area contributed by atoms with E-state index in [4.69, 9.17) is 27.9 Å². The monoisotopic (exact) mass is 355 g/mol. The van der Waals surface area contributed by atoms with E-state index < -0.39 is 0 Å². The fourth-order valence-corrected chi connectivity index (χ4v) is 3.10. The quantitative estimate of drug-likeness (QED) is 0.785. The molecule has 1 aliphatic rings. The van der Waals surface area contributed by atoms with Crippen molar-refractivity contribution in [2.24, 2.45) is 0 Å². The number of benzene rings is 1. The van der Waals surface area contributed by atoms with Crippen molar-refractivity contribution in [3.05, 3.63) is 38.2 Å². The van der Waals surface area contributed by atoms with Crippen molar-refractivity contribution in [3.63, 3.8) is 0 Å². The third-order valence-electron chi connectivity index (χ3n) is 4.11. The Morgan fingerprint density at radius 3 is 2.48 bits per heavy atom. The molecule has 124 valence electrons. The molecular weight excluding hydrogens is 337 g/mol. The molecule has 1 heterocycles. The summed E-state index contributed by atoms with van der Waals surface area (Å²) in [6.45, 7) is 2.36. The number of hydrogen-bond acceptors (Lipinski definition) is 3. The Hall–Kier alpha value is -1.23. The minimum Gasteiger partial charge on any atom is -0.491 e. The lowest BCUT2D eigenvalue weighted by Crippen LogP contribution is -2.24. The van der Waals surface area contributed by atoms with E-state index in [1.54, 1.807) is 16.7 Å². The predicted molar refractivity (Wildman–Crippen MR) is 92.8 cm³/mol. The van der Waals surface area contributed by atoms with Gasteiger partial charge in [-0.05, 0) is 31.4 Å². The topological polar surface area (TPSA) is 51.5 Å². The highest BCUT2D eigenvalue weighted by molar-refractivity contribution is 6.42. The molecule has 6 heteroatoms. The van der Waals surface area contributed by atoms with E-state index in [1.807, 2.05) is 0 Å². The van der Waals surface area contributed by atoms with Crippen molar-refractivity contribution in [2.75, 3.05) is 6.61 Å². The molecule has 1 aromatic heterocycles. The molecule has 0 radical (unpaired) electrons. The van der Waals surface area contributed by atoms with E-state index >= 15 is 0 Å². The fraction of sp³-hybridized carbons (Fsp3) is 0.471. The summed E-state index contributed by atoms with van der Waals surface area (Å²) in [5.41, 5.74) is 0.382. The molecule has 1 aromatic carbocycles. The molecular formula is C17H19Cl2NO3. The van der Waals surface area contributed by atoms with Crippen LogP contribution in [0, 0.1) is 0 Å². The standard InChI is InChI=1S/C17H19Cl2NO3/c1-2-3-6-23-16-11-7-13(18)14(19)8-12(11)17(22)20(10-4-5-10)15(16)9-21/h7-8,10,21H,2-6,9H2,1H3. The molecule has 0 saturated heterocycles. The van der Waals surface area contributed by atoms with Crippen LogP contribution in [-0.4, -0.2) is 16.3 Å². The number of aliphatic hydroxyl groups is 1. The van der Waals surface area contributed by atoms with Crippen molar-refractivity contribution in [1.82, 2.24) is 4.57 Å². The van der Waals surface area contributed by atoms with Crippen LogP contribution in [-0.2, 0) is 6.61 Å². The van der Waals surface area contributed by atoms with E-state index in [0.29, 0.717) is 38.9 Å². The largest absolute Gasteiger partial charge is 0.491 e. The van der Waals surface area contributed by atoms with Crippen molar-refractivity contribution in [2.45, 2.75) is 45.3 Å². The Morgan fingerprint density at radius 1 is 1.26 bits per heavy atom. The first-order chi connectivity index (χ1) is 11.1. The number of fused-ring (bicyclic) bond motifs is 1. The van der Waals surface area contributed by atoms with Gasteiger partial charge in [0.1, 0.15) is 5.75 Å². The average Bonchev–Trinajstić information content (AvgIpc) is 3.35. The van der Waals surface area contributed by atoms with Gasteiger partial charge in [0.2, 0.25) is 0 Å². The van der Waals surface area contributed by atoms with Gasteiger partial charge in [-0.25, -0.2) is 0 Å². The molecule has 0 spiro atoms. The highest BCUT2D eigenvalue weighted by Crippen LogP contribution is 2.40. The maximum absolute atomic E-state index is 12.8. The van der Waals surface area contributed by atoms with Gasteiger partial charge < -0.3 is 14.4 Å². The van der Waals surface area contributed by atoms with Crippen LogP contribution < -0.4 is 10.3 Å². The maximum Gasteiger partial charge on any atom is 0.259 e. The minimum atomic E-state index is -0.247. The second-order valence-electron chi connectivity index (χ2n) is 5.85. The fourth-order valence-electron chi connectivity index (χ4n) is 2.78. The van der Waals surface area contributed by atoms with Crippen LogP contribution in [0.1, 0.15) is 44.3 Å². The van der Waals surface area contributed by atoms with Gasteiger partial charge in [-0.1, -0.05) is 36.5 Å². The van der Waals surface area contributed by atoms with Gasteiger partial charge in [-0.3, -0.25) is 4.79 Å². The average molecular weight is 356 g/mol. The Balaban J connectivity index is 2.28. The summed E-state index contributed by atoms with van der Waals surface area (Å²) in [6.07, 6.45) is 3.78. The van der Waals surface area contributed by atoms with Gasteiger partial charge >= 0.3 is 0 Å². The van der Waals surface area contributed by atoms with Crippen molar-refractivity contribution in [1.29, 1.82) is 0 Å². The number of aliphatic hydroxyl groups excluding tert-OH is 1. The summed E-state index contributed by atoms with van der Waals surface area (Å²) in [7, 11) is 0. The zero-order valence-electron chi connectivity index (χ0n) is 12.9. The predicted octanol–water partition coefficient (Wildman–Crippen LogP) is 4.31. The second kappa shape index (κ2) is 6.71. The number of aromatic nitrogens is 1. The lowest BCUT2D eigenvalue weighted by Gasteiger charge is -2.19. The number of pyridine rings is 1. The molecule has 1 N–H and O–H groups in total. The summed E-state index contributed by atoms with van der Waals surface area (Å²) in [4.78, 5) is 12.8. The highest BCUT2D eigenvalue weighted by Gasteiger charge is 2.30. The molecule has 4 nitrogen and oxygen atoms in total. The number of ether oxygens (including phenoxy) is 1.